The monoisotopic (exact) mass is 214 g/mol. The normalized spacial score (nSPS) is 11.3. The standard InChI is InChI=1S/C9H14N2O4/c1-7(14)8(3-2-4-12)11-9(15)5-10-6-13/h4,6,8H,2-3,5H2,1H3,(H,10,13)(H,11,15). The Morgan fingerprint density at radius 2 is 2.00 bits per heavy atom. The van der Waals surface area contributed by atoms with E-state index in [4.69, 9.17) is 0 Å². The molecule has 0 aromatic rings. The fraction of sp³-hybridized carbons (Fsp3) is 0.556. The third kappa shape index (κ3) is 6.36. The van der Waals surface area contributed by atoms with E-state index in [1.165, 1.54) is 6.92 Å². The van der Waals surface area contributed by atoms with E-state index in [1.807, 2.05) is 0 Å². The molecule has 0 aromatic carbocycles. The van der Waals surface area contributed by atoms with Gasteiger partial charge in [0.15, 0.2) is 5.78 Å². The highest BCUT2D eigenvalue weighted by molar-refractivity contribution is 5.88. The van der Waals surface area contributed by atoms with Crippen molar-refractivity contribution >= 4 is 24.4 Å². The molecule has 0 heterocycles. The minimum absolute atomic E-state index is 0.172. The molecule has 0 radical (unpaired) electrons. The zero-order valence-electron chi connectivity index (χ0n) is 8.49. The summed E-state index contributed by atoms with van der Waals surface area (Å²) < 4.78 is 0. The van der Waals surface area contributed by atoms with Crippen LogP contribution in [0.15, 0.2) is 0 Å². The second-order valence-electron chi connectivity index (χ2n) is 2.97. The SMILES string of the molecule is CC(=O)C(CCC=O)NC(=O)CNC=O. The van der Waals surface area contributed by atoms with Gasteiger partial charge in [-0.15, -0.1) is 0 Å². The van der Waals surface area contributed by atoms with Gasteiger partial charge in [0, 0.05) is 6.42 Å². The molecule has 84 valence electrons. The topological polar surface area (TPSA) is 92.3 Å². The van der Waals surface area contributed by atoms with E-state index in [2.05, 4.69) is 10.6 Å². The highest BCUT2D eigenvalue weighted by Gasteiger charge is 2.15. The Labute approximate surface area is 87.4 Å². The molecule has 0 rings (SSSR count). The number of Topliss-reactive ketones (excluding diaryl/α,β-unsaturated/α-hetero) is 1. The average Bonchev–Trinajstić information content (AvgIpc) is 2.20. The lowest BCUT2D eigenvalue weighted by molar-refractivity contribution is -0.127. The van der Waals surface area contributed by atoms with E-state index in [9.17, 15) is 19.2 Å². The summed E-state index contributed by atoms with van der Waals surface area (Å²) in [7, 11) is 0. The van der Waals surface area contributed by atoms with Gasteiger partial charge in [-0.3, -0.25) is 14.4 Å². The average molecular weight is 214 g/mol. The highest BCUT2D eigenvalue weighted by atomic mass is 16.2. The van der Waals surface area contributed by atoms with Crippen LogP contribution in [0.3, 0.4) is 0 Å². The molecule has 0 aliphatic heterocycles. The minimum atomic E-state index is -0.656. The number of hydrogen-bond acceptors (Lipinski definition) is 4. The molecular formula is C9H14N2O4. The van der Waals surface area contributed by atoms with E-state index in [-0.39, 0.29) is 25.2 Å². The molecule has 1 unspecified atom stereocenters. The first kappa shape index (κ1) is 13.3. The lowest BCUT2D eigenvalue weighted by Crippen LogP contribution is -2.43. The number of nitrogens with one attached hydrogen (secondary N) is 2. The molecule has 0 aliphatic carbocycles. The maximum atomic E-state index is 11.1. The van der Waals surface area contributed by atoms with Crippen molar-refractivity contribution in [3.8, 4) is 0 Å². The third-order valence-electron chi connectivity index (χ3n) is 1.75. The Morgan fingerprint density at radius 1 is 1.33 bits per heavy atom. The first-order valence-electron chi connectivity index (χ1n) is 4.52. The van der Waals surface area contributed by atoms with Crippen molar-refractivity contribution in [1.82, 2.24) is 10.6 Å². The second-order valence-corrected chi connectivity index (χ2v) is 2.97. The summed E-state index contributed by atoms with van der Waals surface area (Å²) in [4.78, 5) is 42.1. The summed E-state index contributed by atoms with van der Waals surface area (Å²) in [5.74, 6) is -0.662. The van der Waals surface area contributed by atoms with E-state index >= 15 is 0 Å². The Kier molecular flexibility index (Phi) is 6.78. The van der Waals surface area contributed by atoms with Gasteiger partial charge >= 0.3 is 0 Å². The number of amides is 2. The van der Waals surface area contributed by atoms with E-state index in [0.29, 0.717) is 12.7 Å². The Hall–Kier alpha value is -1.72. The smallest absolute Gasteiger partial charge is 0.239 e. The van der Waals surface area contributed by atoms with E-state index in [1.54, 1.807) is 0 Å². The van der Waals surface area contributed by atoms with Gasteiger partial charge in [0.1, 0.15) is 6.29 Å². The van der Waals surface area contributed by atoms with Crippen molar-refractivity contribution in [3.63, 3.8) is 0 Å². The summed E-state index contributed by atoms with van der Waals surface area (Å²) in [5.41, 5.74) is 0. The quantitative estimate of drug-likeness (QED) is 0.496. The van der Waals surface area contributed by atoms with Crippen LogP contribution >= 0.6 is 0 Å². The van der Waals surface area contributed by atoms with Crippen molar-refractivity contribution in [1.29, 1.82) is 0 Å². The number of ketones is 1. The number of hydrogen-bond donors (Lipinski definition) is 2. The van der Waals surface area contributed by atoms with Gasteiger partial charge < -0.3 is 15.4 Å². The maximum absolute atomic E-state index is 11.1. The largest absolute Gasteiger partial charge is 0.350 e. The van der Waals surface area contributed by atoms with Crippen LogP contribution in [-0.2, 0) is 19.2 Å². The minimum Gasteiger partial charge on any atom is -0.350 e. The molecule has 0 aliphatic rings. The molecule has 0 spiro atoms. The van der Waals surface area contributed by atoms with Gasteiger partial charge in [0.2, 0.25) is 12.3 Å². The molecule has 2 amide bonds. The lowest BCUT2D eigenvalue weighted by atomic mass is 10.1. The summed E-state index contributed by atoms with van der Waals surface area (Å²) in [6.45, 7) is 1.16. The molecule has 0 fully saturated rings. The molecule has 0 saturated carbocycles. The third-order valence-corrected chi connectivity index (χ3v) is 1.75. The van der Waals surface area contributed by atoms with Crippen molar-refractivity contribution in [2.45, 2.75) is 25.8 Å². The molecular weight excluding hydrogens is 200 g/mol. The first-order chi connectivity index (χ1) is 7.11. The van der Waals surface area contributed by atoms with E-state index < -0.39 is 11.9 Å². The predicted molar refractivity (Wildman–Crippen MR) is 52.0 cm³/mol. The van der Waals surface area contributed by atoms with Crippen molar-refractivity contribution in [2.24, 2.45) is 0 Å². The number of carbonyl (C=O) groups excluding carboxylic acids is 4. The van der Waals surface area contributed by atoms with Gasteiger partial charge in [0.05, 0.1) is 12.6 Å². The highest BCUT2D eigenvalue weighted by Crippen LogP contribution is 1.96. The van der Waals surface area contributed by atoms with Crippen molar-refractivity contribution < 1.29 is 19.2 Å². The Morgan fingerprint density at radius 3 is 2.47 bits per heavy atom. The van der Waals surface area contributed by atoms with Crippen LogP contribution in [0.25, 0.3) is 0 Å². The lowest BCUT2D eigenvalue weighted by Gasteiger charge is -2.14. The van der Waals surface area contributed by atoms with Crippen LogP contribution in [0.2, 0.25) is 0 Å². The summed E-state index contributed by atoms with van der Waals surface area (Å²) in [5, 5.41) is 4.59. The second kappa shape index (κ2) is 7.66. The molecule has 2 N–H and O–H groups in total. The Balaban J connectivity index is 4.03. The van der Waals surface area contributed by atoms with Crippen molar-refractivity contribution in [2.75, 3.05) is 6.54 Å². The van der Waals surface area contributed by atoms with Gasteiger partial charge in [-0.05, 0) is 13.3 Å². The van der Waals surface area contributed by atoms with Crippen LogP contribution in [0.1, 0.15) is 19.8 Å². The zero-order chi connectivity index (χ0) is 11.7. The van der Waals surface area contributed by atoms with Crippen LogP contribution in [0.5, 0.6) is 0 Å². The number of aldehydes is 1. The van der Waals surface area contributed by atoms with Crippen LogP contribution in [0, 0.1) is 0 Å². The molecule has 15 heavy (non-hydrogen) atoms. The zero-order valence-corrected chi connectivity index (χ0v) is 8.49. The number of rotatable bonds is 8. The van der Waals surface area contributed by atoms with Crippen molar-refractivity contribution in [3.05, 3.63) is 0 Å². The number of carbonyl (C=O) groups is 4. The van der Waals surface area contributed by atoms with E-state index in [0.717, 1.165) is 0 Å². The molecule has 6 nitrogen and oxygen atoms in total. The summed E-state index contributed by atoms with van der Waals surface area (Å²) in [6, 6.07) is -0.656. The summed E-state index contributed by atoms with van der Waals surface area (Å²) >= 11 is 0. The fourth-order valence-electron chi connectivity index (χ4n) is 0.991. The molecule has 0 saturated heterocycles. The van der Waals surface area contributed by atoms with Gasteiger partial charge in [-0.1, -0.05) is 0 Å². The summed E-state index contributed by atoms with van der Waals surface area (Å²) in [6.07, 6.45) is 1.58. The first-order valence-corrected chi connectivity index (χ1v) is 4.52. The molecule has 0 aromatic heterocycles. The van der Waals surface area contributed by atoms with Gasteiger partial charge in [-0.2, -0.15) is 0 Å². The Bertz CT molecular complexity index is 252. The van der Waals surface area contributed by atoms with Crippen LogP contribution < -0.4 is 10.6 Å². The molecule has 6 heteroatoms. The fourth-order valence-corrected chi connectivity index (χ4v) is 0.991. The van der Waals surface area contributed by atoms with Gasteiger partial charge in [-0.25, -0.2) is 0 Å². The van der Waals surface area contributed by atoms with Crippen LogP contribution in [-0.4, -0.2) is 37.0 Å². The maximum Gasteiger partial charge on any atom is 0.239 e. The van der Waals surface area contributed by atoms with Crippen LogP contribution in [0.4, 0.5) is 0 Å². The predicted octanol–water partition coefficient (Wildman–Crippen LogP) is -1.21. The van der Waals surface area contributed by atoms with Gasteiger partial charge in [0.25, 0.3) is 0 Å². The molecule has 0 bridgehead atoms. The molecule has 1 atom stereocenters.